The number of unbranched alkanes of at least 4 members (excludes halogenated alkanes) is 1. The van der Waals surface area contributed by atoms with Crippen LogP contribution in [-0.4, -0.2) is 39.0 Å². The molecule has 0 aromatic heterocycles. The Labute approximate surface area is 125 Å². The number of halogens is 1. The Morgan fingerprint density at radius 2 is 2.05 bits per heavy atom. The molecule has 114 valence electrons. The summed E-state index contributed by atoms with van der Waals surface area (Å²) in [4.78, 5) is 0. The Kier molecular flexibility index (Phi) is 7.69. The van der Waals surface area contributed by atoms with Gasteiger partial charge in [-0.15, -0.1) is 0 Å². The van der Waals surface area contributed by atoms with Crippen molar-refractivity contribution < 1.29 is 14.6 Å². The Balaban J connectivity index is 2.86. The quantitative estimate of drug-likeness (QED) is 0.606. The van der Waals surface area contributed by atoms with Crippen LogP contribution in [0.2, 0.25) is 5.02 Å². The fourth-order valence-electron chi connectivity index (χ4n) is 2.01. The molecule has 6 heteroatoms. The highest BCUT2D eigenvalue weighted by molar-refractivity contribution is 6.33. The van der Waals surface area contributed by atoms with Crippen LogP contribution in [0.25, 0.3) is 0 Å². The molecule has 1 atom stereocenters. The van der Waals surface area contributed by atoms with Crippen molar-refractivity contribution >= 4 is 11.6 Å². The summed E-state index contributed by atoms with van der Waals surface area (Å²) in [5, 5.41) is 12.6. The van der Waals surface area contributed by atoms with Crippen LogP contribution in [0.5, 0.6) is 11.5 Å². The number of ether oxygens (including phenoxy) is 2. The molecule has 0 radical (unpaired) electrons. The van der Waals surface area contributed by atoms with E-state index in [-0.39, 0.29) is 12.6 Å². The summed E-state index contributed by atoms with van der Waals surface area (Å²) in [5.41, 5.74) is 6.69. The van der Waals surface area contributed by atoms with Gasteiger partial charge in [-0.05, 0) is 31.0 Å². The standard InChI is InChI=1S/C14H23ClN2O3/c1-19-12-6-5-10(13(15)14(12)20-2)11(9-16)17-7-3-4-8-18/h5-6,11,17-18H,3-4,7-9,16H2,1-2H3. The SMILES string of the molecule is COc1ccc(C(CN)NCCCCO)c(Cl)c1OC. The molecule has 0 fully saturated rings. The maximum atomic E-state index is 8.77. The molecule has 5 nitrogen and oxygen atoms in total. The third-order valence-corrected chi connectivity index (χ3v) is 3.49. The van der Waals surface area contributed by atoms with E-state index in [1.807, 2.05) is 12.1 Å². The summed E-state index contributed by atoms with van der Waals surface area (Å²) in [6.07, 6.45) is 1.65. The minimum Gasteiger partial charge on any atom is -0.493 e. The number of hydrogen-bond donors (Lipinski definition) is 3. The van der Waals surface area contributed by atoms with Crippen LogP contribution in [0.3, 0.4) is 0 Å². The molecule has 1 rings (SSSR count). The number of methoxy groups -OCH3 is 2. The van der Waals surface area contributed by atoms with E-state index in [9.17, 15) is 0 Å². The molecular weight excluding hydrogens is 280 g/mol. The predicted molar refractivity (Wildman–Crippen MR) is 80.7 cm³/mol. The van der Waals surface area contributed by atoms with Crippen LogP contribution in [0, 0.1) is 0 Å². The van der Waals surface area contributed by atoms with Crippen LogP contribution in [-0.2, 0) is 0 Å². The number of hydrogen-bond acceptors (Lipinski definition) is 5. The van der Waals surface area contributed by atoms with E-state index in [2.05, 4.69) is 5.32 Å². The van der Waals surface area contributed by atoms with Crippen molar-refractivity contribution in [3.63, 3.8) is 0 Å². The van der Waals surface area contributed by atoms with Crippen molar-refractivity contribution in [2.45, 2.75) is 18.9 Å². The van der Waals surface area contributed by atoms with Gasteiger partial charge in [-0.2, -0.15) is 0 Å². The summed E-state index contributed by atoms with van der Waals surface area (Å²) in [7, 11) is 3.13. The van der Waals surface area contributed by atoms with Crippen LogP contribution in [0.4, 0.5) is 0 Å². The number of aliphatic hydroxyl groups is 1. The summed E-state index contributed by atoms with van der Waals surface area (Å²) in [6.45, 7) is 1.40. The normalized spacial score (nSPS) is 12.2. The molecule has 1 unspecified atom stereocenters. The van der Waals surface area contributed by atoms with Gasteiger partial charge in [0, 0.05) is 19.2 Å². The number of rotatable bonds is 9. The molecule has 0 aliphatic heterocycles. The highest BCUT2D eigenvalue weighted by Crippen LogP contribution is 2.39. The van der Waals surface area contributed by atoms with E-state index in [1.54, 1.807) is 14.2 Å². The van der Waals surface area contributed by atoms with Gasteiger partial charge in [-0.25, -0.2) is 0 Å². The molecule has 0 aliphatic rings. The molecule has 0 amide bonds. The third kappa shape index (κ3) is 4.24. The first-order valence-electron chi connectivity index (χ1n) is 6.64. The van der Waals surface area contributed by atoms with Crippen molar-refractivity contribution in [2.24, 2.45) is 5.73 Å². The number of nitrogens with two attached hydrogens (primary N) is 1. The van der Waals surface area contributed by atoms with Gasteiger partial charge in [0.15, 0.2) is 11.5 Å². The molecular formula is C14H23ClN2O3. The fraction of sp³-hybridized carbons (Fsp3) is 0.571. The summed E-state index contributed by atoms with van der Waals surface area (Å²) in [6, 6.07) is 3.65. The first-order chi connectivity index (χ1) is 9.69. The topological polar surface area (TPSA) is 76.7 Å². The van der Waals surface area contributed by atoms with Crippen LogP contribution in [0.1, 0.15) is 24.4 Å². The average Bonchev–Trinajstić information content (AvgIpc) is 2.47. The second kappa shape index (κ2) is 9.02. The lowest BCUT2D eigenvalue weighted by atomic mass is 10.1. The van der Waals surface area contributed by atoms with Crippen molar-refractivity contribution in [3.8, 4) is 11.5 Å². The van der Waals surface area contributed by atoms with Crippen molar-refractivity contribution in [1.82, 2.24) is 5.32 Å². The highest BCUT2D eigenvalue weighted by atomic mass is 35.5. The van der Waals surface area contributed by atoms with E-state index in [0.717, 1.165) is 24.9 Å². The number of benzene rings is 1. The molecule has 0 bridgehead atoms. The summed E-state index contributed by atoms with van der Waals surface area (Å²) < 4.78 is 10.5. The van der Waals surface area contributed by atoms with Crippen LogP contribution >= 0.6 is 11.6 Å². The van der Waals surface area contributed by atoms with Crippen molar-refractivity contribution in [2.75, 3.05) is 33.9 Å². The van der Waals surface area contributed by atoms with E-state index < -0.39 is 0 Å². The molecule has 1 aromatic carbocycles. The third-order valence-electron chi connectivity index (χ3n) is 3.10. The Morgan fingerprint density at radius 1 is 1.30 bits per heavy atom. The van der Waals surface area contributed by atoms with E-state index in [1.165, 1.54) is 0 Å². The maximum Gasteiger partial charge on any atom is 0.179 e. The number of aliphatic hydroxyl groups excluding tert-OH is 1. The Bertz CT molecular complexity index is 416. The second-order valence-corrected chi connectivity index (χ2v) is 4.76. The second-order valence-electron chi connectivity index (χ2n) is 4.38. The molecule has 1 aromatic rings. The summed E-state index contributed by atoms with van der Waals surface area (Å²) >= 11 is 6.37. The first kappa shape index (κ1) is 17.0. The first-order valence-corrected chi connectivity index (χ1v) is 7.02. The smallest absolute Gasteiger partial charge is 0.179 e. The van der Waals surface area contributed by atoms with Crippen LogP contribution in [0.15, 0.2) is 12.1 Å². The van der Waals surface area contributed by atoms with E-state index >= 15 is 0 Å². The molecule has 0 aliphatic carbocycles. The maximum absolute atomic E-state index is 8.77. The predicted octanol–water partition coefficient (Wildman–Crippen LogP) is 1.72. The molecule has 0 saturated carbocycles. The molecule has 0 heterocycles. The molecule has 4 N–H and O–H groups in total. The minimum atomic E-state index is -0.0546. The van der Waals surface area contributed by atoms with Gasteiger partial charge in [-0.3, -0.25) is 0 Å². The van der Waals surface area contributed by atoms with Gasteiger partial charge in [-0.1, -0.05) is 17.7 Å². The lowest BCUT2D eigenvalue weighted by Crippen LogP contribution is -2.29. The van der Waals surface area contributed by atoms with E-state index in [0.29, 0.717) is 23.1 Å². The van der Waals surface area contributed by atoms with Gasteiger partial charge in [0.25, 0.3) is 0 Å². The molecule has 0 saturated heterocycles. The lowest BCUT2D eigenvalue weighted by Gasteiger charge is -2.20. The zero-order chi connectivity index (χ0) is 15.0. The minimum absolute atomic E-state index is 0.0546. The molecule has 20 heavy (non-hydrogen) atoms. The number of nitrogens with one attached hydrogen (secondary N) is 1. The zero-order valence-electron chi connectivity index (χ0n) is 12.0. The van der Waals surface area contributed by atoms with Gasteiger partial charge in [0.05, 0.1) is 19.2 Å². The Morgan fingerprint density at radius 3 is 2.60 bits per heavy atom. The van der Waals surface area contributed by atoms with Gasteiger partial charge in [0.2, 0.25) is 0 Å². The zero-order valence-corrected chi connectivity index (χ0v) is 12.7. The van der Waals surface area contributed by atoms with Crippen LogP contribution < -0.4 is 20.5 Å². The highest BCUT2D eigenvalue weighted by Gasteiger charge is 2.18. The summed E-state index contributed by atoms with van der Waals surface area (Å²) in [5.74, 6) is 1.11. The van der Waals surface area contributed by atoms with Gasteiger partial charge >= 0.3 is 0 Å². The largest absolute Gasteiger partial charge is 0.493 e. The monoisotopic (exact) mass is 302 g/mol. The van der Waals surface area contributed by atoms with E-state index in [4.69, 9.17) is 31.9 Å². The fourth-order valence-corrected chi connectivity index (χ4v) is 2.37. The Hall–Kier alpha value is -1.01. The lowest BCUT2D eigenvalue weighted by molar-refractivity contribution is 0.282. The van der Waals surface area contributed by atoms with Gasteiger partial charge < -0.3 is 25.6 Å². The molecule has 0 spiro atoms. The van der Waals surface area contributed by atoms with Crippen molar-refractivity contribution in [3.05, 3.63) is 22.7 Å². The average molecular weight is 303 g/mol. The van der Waals surface area contributed by atoms with Gasteiger partial charge in [0.1, 0.15) is 0 Å². The van der Waals surface area contributed by atoms with Crippen molar-refractivity contribution in [1.29, 1.82) is 0 Å².